The maximum atomic E-state index is 12.7. The number of nitrogens with zero attached hydrogens (tertiary/aromatic N) is 1. The number of hydrogen-bond donors (Lipinski definition) is 1. The van der Waals surface area contributed by atoms with Crippen LogP contribution in [0.25, 0.3) is 10.6 Å². The summed E-state index contributed by atoms with van der Waals surface area (Å²) in [7, 11) is 0. The molecule has 0 aliphatic rings. The molecule has 0 aliphatic carbocycles. The highest BCUT2D eigenvalue weighted by atomic mass is 32.1. The lowest BCUT2D eigenvalue weighted by Gasteiger charge is -2.19. The van der Waals surface area contributed by atoms with E-state index in [2.05, 4.69) is 15.7 Å². The van der Waals surface area contributed by atoms with Crippen LogP contribution in [0.15, 0.2) is 82.9 Å². The zero-order valence-electron chi connectivity index (χ0n) is 14.5. The molecule has 0 aliphatic heterocycles. The van der Waals surface area contributed by atoms with Crippen molar-refractivity contribution < 1.29 is 4.79 Å². The smallest absolute Gasteiger partial charge is 0.226 e. The van der Waals surface area contributed by atoms with Crippen LogP contribution in [-0.2, 0) is 11.2 Å². The van der Waals surface area contributed by atoms with Crippen LogP contribution in [0.1, 0.15) is 22.9 Å². The average Bonchev–Trinajstić information content (AvgIpc) is 3.39. The maximum absolute atomic E-state index is 12.7. The minimum Gasteiger partial charge on any atom is -0.345 e. The Morgan fingerprint density at radius 1 is 0.926 bits per heavy atom. The molecule has 1 N–H and O–H groups in total. The van der Waals surface area contributed by atoms with Gasteiger partial charge in [0.15, 0.2) is 0 Å². The summed E-state index contributed by atoms with van der Waals surface area (Å²) < 4.78 is 0. The SMILES string of the molecule is O=C(Cc1csc(-c2ccsc2)n1)NC(c1ccccc1)c1ccccc1. The van der Waals surface area contributed by atoms with Gasteiger partial charge in [-0.3, -0.25) is 4.79 Å². The van der Waals surface area contributed by atoms with E-state index in [1.165, 1.54) is 0 Å². The van der Waals surface area contributed by atoms with Crippen molar-refractivity contribution in [2.24, 2.45) is 0 Å². The fraction of sp³-hybridized carbons (Fsp3) is 0.0909. The Morgan fingerprint density at radius 3 is 2.19 bits per heavy atom. The minimum atomic E-state index is -0.171. The summed E-state index contributed by atoms with van der Waals surface area (Å²) in [4.78, 5) is 17.3. The lowest BCUT2D eigenvalue weighted by Crippen LogP contribution is -2.30. The average molecular weight is 391 g/mol. The highest BCUT2D eigenvalue weighted by Crippen LogP contribution is 2.26. The van der Waals surface area contributed by atoms with E-state index in [0.717, 1.165) is 27.4 Å². The van der Waals surface area contributed by atoms with E-state index < -0.39 is 0 Å². The fourth-order valence-corrected chi connectivity index (χ4v) is 4.47. The number of amides is 1. The van der Waals surface area contributed by atoms with Gasteiger partial charge in [0.1, 0.15) is 5.01 Å². The first kappa shape index (κ1) is 17.6. The van der Waals surface area contributed by atoms with Crippen LogP contribution in [-0.4, -0.2) is 10.9 Å². The Morgan fingerprint density at radius 2 is 1.59 bits per heavy atom. The van der Waals surface area contributed by atoms with E-state index in [9.17, 15) is 4.79 Å². The third-order valence-corrected chi connectivity index (χ3v) is 5.86. The molecule has 2 heterocycles. The van der Waals surface area contributed by atoms with Gasteiger partial charge in [-0.2, -0.15) is 11.3 Å². The molecule has 27 heavy (non-hydrogen) atoms. The predicted molar refractivity (Wildman–Crippen MR) is 112 cm³/mol. The summed E-state index contributed by atoms with van der Waals surface area (Å²) in [6.45, 7) is 0. The molecule has 0 spiro atoms. The van der Waals surface area contributed by atoms with Crippen LogP contribution in [0, 0.1) is 0 Å². The number of aromatic nitrogens is 1. The summed E-state index contributed by atoms with van der Waals surface area (Å²) in [5.74, 6) is -0.0325. The number of benzene rings is 2. The van der Waals surface area contributed by atoms with Gasteiger partial charge in [0.05, 0.1) is 18.2 Å². The van der Waals surface area contributed by atoms with E-state index in [4.69, 9.17) is 0 Å². The molecule has 0 fully saturated rings. The van der Waals surface area contributed by atoms with Gasteiger partial charge in [-0.25, -0.2) is 4.98 Å². The quantitative estimate of drug-likeness (QED) is 0.484. The van der Waals surface area contributed by atoms with Gasteiger partial charge in [0.25, 0.3) is 0 Å². The molecule has 0 radical (unpaired) electrons. The Bertz CT molecular complexity index is 956. The third-order valence-electron chi connectivity index (χ3n) is 4.23. The number of thiophene rings is 1. The zero-order valence-corrected chi connectivity index (χ0v) is 16.2. The molecule has 2 aromatic heterocycles. The van der Waals surface area contributed by atoms with Crippen LogP contribution in [0.3, 0.4) is 0 Å². The van der Waals surface area contributed by atoms with E-state index >= 15 is 0 Å². The molecule has 0 saturated heterocycles. The summed E-state index contributed by atoms with van der Waals surface area (Å²) in [5.41, 5.74) is 4.05. The number of nitrogens with one attached hydrogen (secondary N) is 1. The first-order valence-corrected chi connectivity index (χ1v) is 10.5. The molecular formula is C22H18N2OS2. The topological polar surface area (TPSA) is 42.0 Å². The van der Waals surface area contributed by atoms with Gasteiger partial charge in [-0.1, -0.05) is 60.7 Å². The standard InChI is InChI=1S/C22H18N2OS2/c25-20(13-19-15-27-22(23-19)18-11-12-26-14-18)24-21(16-7-3-1-4-8-16)17-9-5-2-6-10-17/h1-12,14-15,21H,13H2,(H,24,25). The first-order chi connectivity index (χ1) is 13.3. The third kappa shape index (κ3) is 4.32. The van der Waals surface area contributed by atoms with E-state index in [0.29, 0.717) is 0 Å². The van der Waals surface area contributed by atoms with Gasteiger partial charge in [-0.05, 0) is 22.6 Å². The molecule has 0 atom stereocenters. The zero-order chi connectivity index (χ0) is 18.5. The van der Waals surface area contributed by atoms with Crippen molar-refractivity contribution in [2.75, 3.05) is 0 Å². The lowest BCUT2D eigenvalue weighted by molar-refractivity contribution is -0.121. The number of hydrogen-bond acceptors (Lipinski definition) is 4. The highest BCUT2D eigenvalue weighted by Gasteiger charge is 2.17. The van der Waals surface area contributed by atoms with E-state index in [-0.39, 0.29) is 18.4 Å². The van der Waals surface area contributed by atoms with Crippen molar-refractivity contribution in [3.8, 4) is 10.6 Å². The van der Waals surface area contributed by atoms with Crippen molar-refractivity contribution >= 4 is 28.6 Å². The number of thiazole rings is 1. The van der Waals surface area contributed by atoms with Crippen LogP contribution in [0.5, 0.6) is 0 Å². The molecule has 2 aromatic carbocycles. The summed E-state index contributed by atoms with van der Waals surface area (Å²) in [6.07, 6.45) is 0.275. The summed E-state index contributed by atoms with van der Waals surface area (Å²) in [5, 5.41) is 10.2. The first-order valence-electron chi connectivity index (χ1n) is 8.66. The van der Waals surface area contributed by atoms with Gasteiger partial charge < -0.3 is 5.32 Å². The molecule has 0 saturated carbocycles. The van der Waals surface area contributed by atoms with Crippen molar-refractivity contribution in [1.29, 1.82) is 0 Å². The number of rotatable bonds is 6. The Kier molecular flexibility index (Phi) is 5.42. The van der Waals surface area contributed by atoms with Crippen molar-refractivity contribution in [2.45, 2.75) is 12.5 Å². The second kappa shape index (κ2) is 8.29. The van der Waals surface area contributed by atoms with Crippen molar-refractivity contribution in [3.05, 3.63) is 99.7 Å². The van der Waals surface area contributed by atoms with Crippen LogP contribution < -0.4 is 5.32 Å². The van der Waals surface area contributed by atoms with Gasteiger partial charge in [0, 0.05) is 16.3 Å². The Balaban J connectivity index is 1.51. The molecule has 5 heteroatoms. The predicted octanol–water partition coefficient (Wildman–Crippen LogP) is 5.32. The molecule has 0 unspecified atom stereocenters. The lowest BCUT2D eigenvalue weighted by atomic mass is 9.98. The molecule has 3 nitrogen and oxygen atoms in total. The van der Waals surface area contributed by atoms with Gasteiger partial charge in [-0.15, -0.1) is 11.3 Å². The largest absolute Gasteiger partial charge is 0.345 e. The number of carbonyl (C=O) groups excluding carboxylic acids is 1. The molecule has 4 rings (SSSR count). The van der Waals surface area contributed by atoms with Crippen molar-refractivity contribution in [1.82, 2.24) is 10.3 Å². The van der Waals surface area contributed by atoms with Crippen LogP contribution in [0.2, 0.25) is 0 Å². The molecule has 134 valence electrons. The maximum Gasteiger partial charge on any atom is 0.226 e. The van der Waals surface area contributed by atoms with E-state index in [1.807, 2.05) is 77.5 Å². The Labute approximate surface area is 166 Å². The monoisotopic (exact) mass is 390 g/mol. The highest BCUT2D eigenvalue weighted by molar-refractivity contribution is 7.14. The van der Waals surface area contributed by atoms with Crippen LogP contribution in [0.4, 0.5) is 0 Å². The van der Waals surface area contributed by atoms with E-state index in [1.54, 1.807) is 22.7 Å². The Hall–Kier alpha value is -2.76. The molecule has 0 bridgehead atoms. The normalized spacial score (nSPS) is 10.9. The summed E-state index contributed by atoms with van der Waals surface area (Å²) >= 11 is 3.23. The van der Waals surface area contributed by atoms with Gasteiger partial charge >= 0.3 is 0 Å². The van der Waals surface area contributed by atoms with Crippen molar-refractivity contribution in [3.63, 3.8) is 0 Å². The second-order valence-corrected chi connectivity index (χ2v) is 7.79. The molecule has 4 aromatic rings. The number of carbonyl (C=O) groups is 1. The molecule has 1 amide bonds. The summed E-state index contributed by atoms with van der Waals surface area (Å²) in [6, 6.07) is 22.0. The minimum absolute atomic E-state index is 0.0325. The second-order valence-electron chi connectivity index (χ2n) is 6.15. The van der Waals surface area contributed by atoms with Crippen LogP contribution >= 0.6 is 22.7 Å². The van der Waals surface area contributed by atoms with Gasteiger partial charge in [0.2, 0.25) is 5.91 Å². The fourth-order valence-electron chi connectivity index (χ4n) is 2.93. The molecular weight excluding hydrogens is 372 g/mol.